The minimum Gasteiger partial charge on any atom is -0.497 e. The lowest BCUT2D eigenvalue weighted by molar-refractivity contribution is -0.119. The standard InChI is InChI=1S/C25H25N5O4.C2H6/c1-34-19-11-9-18(10-12-19)30-23-20(22(27-30)24(26)32)13-15-29(25(23)33)17-7-5-16(6-8-17)28-14-3-2-4-21(28)31;1-2/h5-12H,2-4,13-15H2,1H3,(H2,26,32);1-2H3. The smallest absolute Gasteiger partial charge is 0.277 e. The highest BCUT2D eigenvalue weighted by molar-refractivity contribution is 6.09. The Morgan fingerprint density at radius 2 is 1.47 bits per heavy atom. The maximum atomic E-state index is 13.6. The summed E-state index contributed by atoms with van der Waals surface area (Å²) < 4.78 is 6.69. The SMILES string of the molecule is CC.COc1ccc(-n2nc(C(N)=O)c3c2C(=O)N(c2ccc(N4CCCCC4=O)cc2)CC3)cc1. The number of hydrogen-bond donors (Lipinski definition) is 1. The summed E-state index contributed by atoms with van der Waals surface area (Å²) in [7, 11) is 1.57. The van der Waals surface area contributed by atoms with E-state index < -0.39 is 5.91 Å². The monoisotopic (exact) mass is 489 g/mol. The number of nitrogens with zero attached hydrogens (tertiary/aromatic N) is 4. The fourth-order valence-electron chi connectivity index (χ4n) is 4.61. The fraction of sp³-hybridized carbons (Fsp3) is 0.333. The van der Waals surface area contributed by atoms with Crippen LogP contribution < -0.4 is 20.3 Å². The number of rotatable bonds is 5. The van der Waals surface area contributed by atoms with E-state index in [2.05, 4.69) is 5.10 Å². The molecule has 1 fully saturated rings. The van der Waals surface area contributed by atoms with Gasteiger partial charge in [0.05, 0.1) is 12.8 Å². The lowest BCUT2D eigenvalue weighted by atomic mass is 10.0. The first-order valence-electron chi connectivity index (χ1n) is 12.3. The molecule has 2 aromatic carbocycles. The molecule has 188 valence electrons. The Hall–Kier alpha value is -4.14. The van der Waals surface area contributed by atoms with Crippen LogP contribution in [0, 0.1) is 0 Å². The molecule has 3 amide bonds. The molecular formula is C27H31N5O4. The van der Waals surface area contributed by atoms with E-state index in [0.29, 0.717) is 54.3 Å². The molecule has 3 heterocycles. The number of fused-ring (bicyclic) bond motifs is 1. The van der Waals surface area contributed by atoms with Crippen LogP contribution in [0.2, 0.25) is 0 Å². The summed E-state index contributed by atoms with van der Waals surface area (Å²) in [5, 5.41) is 4.39. The summed E-state index contributed by atoms with van der Waals surface area (Å²) in [6.45, 7) is 5.10. The Bertz CT molecular complexity index is 1260. The van der Waals surface area contributed by atoms with Crippen molar-refractivity contribution < 1.29 is 19.1 Å². The van der Waals surface area contributed by atoms with Crippen LogP contribution in [-0.2, 0) is 11.2 Å². The second-order valence-corrected chi connectivity index (χ2v) is 8.38. The molecule has 9 heteroatoms. The largest absolute Gasteiger partial charge is 0.497 e. The average molecular weight is 490 g/mol. The van der Waals surface area contributed by atoms with Crippen molar-refractivity contribution in [1.82, 2.24) is 9.78 Å². The van der Waals surface area contributed by atoms with Gasteiger partial charge in [-0.3, -0.25) is 14.4 Å². The van der Waals surface area contributed by atoms with Gasteiger partial charge in [-0.2, -0.15) is 5.10 Å². The van der Waals surface area contributed by atoms with Crippen molar-refractivity contribution in [2.75, 3.05) is 30.0 Å². The number of piperidine rings is 1. The molecule has 0 radical (unpaired) electrons. The first-order chi connectivity index (χ1) is 17.5. The maximum Gasteiger partial charge on any atom is 0.277 e. The van der Waals surface area contributed by atoms with Gasteiger partial charge in [0.2, 0.25) is 5.91 Å². The van der Waals surface area contributed by atoms with Crippen LogP contribution in [0.4, 0.5) is 11.4 Å². The summed E-state index contributed by atoms with van der Waals surface area (Å²) >= 11 is 0. The van der Waals surface area contributed by atoms with Crippen molar-refractivity contribution in [3.8, 4) is 11.4 Å². The third-order valence-corrected chi connectivity index (χ3v) is 6.36. The van der Waals surface area contributed by atoms with E-state index in [4.69, 9.17) is 10.5 Å². The van der Waals surface area contributed by atoms with Crippen LogP contribution in [0.1, 0.15) is 59.7 Å². The number of methoxy groups -OCH3 is 1. The van der Waals surface area contributed by atoms with E-state index in [0.717, 1.165) is 18.5 Å². The van der Waals surface area contributed by atoms with Gasteiger partial charge in [-0.25, -0.2) is 4.68 Å². The van der Waals surface area contributed by atoms with Crippen molar-refractivity contribution in [1.29, 1.82) is 0 Å². The zero-order chi connectivity index (χ0) is 25.8. The first kappa shape index (κ1) is 25.0. The number of primary amides is 1. The van der Waals surface area contributed by atoms with Gasteiger partial charge in [-0.05, 0) is 67.8 Å². The number of nitrogens with two attached hydrogens (primary N) is 1. The quantitative estimate of drug-likeness (QED) is 0.587. The number of ether oxygens (including phenoxy) is 1. The zero-order valence-electron chi connectivity index (χ0n) is 20.9. The summed E-state index contributed by atoms with van der Waals surface area (Å²) in [6.07, 6.45) is 2.92. The number of carbonyl (C=O) groups excluding carboxylic acids is 3. The maximum absolute atomic E-state index is 13.6. The lowest BCUT2D eigenvalue weighted by Crippen LogP contribution is -2.39. The summed E-state index contributed by atoms with van der Waals surface area (Å²) in [6, 6.07) is 14.5. The number of benzene rings is 2. The number of hydrogen-bond acceptors (Lipinski definition) is 5. The molecule has 2 aliphatic rings. The Kier molecular flexibility index (Phi) is 7.38. The Morgan fingerprint density at radius 1 is 0.861 bits per heavy atom. The van der Waals surface area contributed by atoms with E-state index in [1.165, 1.54) is 4.68 Å². The van der Waals surface area contributed by atoms with Crippen molar-refractivity contribution in [3.63, 3.8) is 0 Å². The molecule has 1 saturated heterocycles. The molecule has 0 aliphatic carbocycles. The molecule has 0 atom stereocenters. The highest BCUT2D eigenvalue weighted by Crippen LogP contribution is 2.31. The topological polar surface area (TPSA) is 111 Å². The number of aromatic nitrogens is 2. The number of anilines is 2. The van der Waals surface area contributed by atoms with Gasteiger partial charge in [0.25, 0.3) is 11.8 Å². The predicted octanol–water partition coefficient (Wildman–Crippen LogP) is 3.73. The molecule has 3 aromatic rings. The molecular weight excluding hydrogens is 458 g/mol. The van der Waals surface area contributed by atoms with Gasteiger partial charge in [0, 0.05) is 36.4 Å². The van der Waals surface area contributed by atoms with E-state index in [-0.39, 0.29) is 17.5 Å². The predicted molar refractivity (Wildman–Crippen MR) is 138 cm³/mol. The van der Waals surface area contributed by atoms with Gasteiger partial charge in [-0.1, -0.05) is 13.8 Å². The van der Waals surface area contributed by atoms with Gasteiger partial charge in [-0.15, -0.1) is 0 Å². The first-order valence-corrected chi connectivity index (χ1v) is 12.3. The molecule has 1 aromatic heterocycles. The van der Waals surface area contributed by atoms with Crippen LogP contribution >= 0.6 is 0 Å². The summed E-state index contributed by atoms with van der Waals surface area (Å²) in [5.41, 5.74) is 8.73. The van der Waals surface area contributed by atoms with E-state index in [9.17, 15) is 14.4 Å². The summed E-state index contributed by atoms with van der Waals surface area (Å²) in [4.78, 5) is 41.4. The third kappa shape index (κ3) is 4.56. The van der Waals surface area contributed by atoms with Gasteiger partial charge < -0.3 is 20.3 Å². The van der Waals surface area contributed by atoms with E-state index >= 15 is 0 Å². The molecule has 5 rings (SSSR count). The Balaban J connectivity index is 0.00000148. The van der Waals surface area contributed by atoms with Crippen LogP contribution in [0.15, 0.2) is 48.5 Å². The Labute approximate surface area is 210 Å². The van der Waals surface area contributed by atoms with Gasteiger partial charge in [0.1, 0.15) is 11.4 Å². The molecule has 36 heavy (non-hydrogen) atoms. The second kappa shape index (κ2) is 10.6. The minimum absolute atomic E-state index is 0.109. The van der Waals surface area contributed by atoms with Crippen LogP contribution in [0.25, 0.3) is 5.69 Å². The van der Waals surface area contributed by atoms with Crippen LogP contribution in [0.5, 0.6) is 5.75 Å². The van der Waals surface area contributed by atoms with Crippen molar-refractivity contribution in [2.45, 2.75) is 39.5 Å². The zero-order valence-corrected chi connectivity index (χ0v) is 20.9. The highest BCUT2D eigenvalue weighted by Gasteiger charge is 2.34. The molecule has 0 saturated carbocycles. The molecule has 0 spiro atoms. The number of amides is 3. The second-order valence-electron chi connectivity index (χ2n) is 8.38. The molecule has 9 nitrogen and oxygen atoms in total. The van der Waals surface area contributed by atoms with Crippen molar-refractivity contribution in [3.05, 3.63) is 65.5 Å². The van der Waals surface area contributed by atoms with Crippen molar-refractivity contribution in [2.24, 2.45) is 5.73 Å². The van der Waals surface area contributed by atoms with Crippen LogP contribution in [0.3, 0.4) is 0 Å². The fourth-order valence-corrected chi connectivity index (χ4v) is 4.61. The van der Waals surface area contributed by atoms with E-state index in [1.54, 1.807) is 41.2 Å². The Morgan fingerprint density at radius 3 is 2.06 bits per heavy atom. The molecule has 2 aliphatic heterocycles. The van der Waals surface area contributed by atoms with E-state index in [1.807, 2.05) is 38.1 Å². The van der Waals surface area contributed by atoms with Gasteiger partial charge >= 0.3 is 0 Å². The molecule has 2 N–H and O–H groups in total. The van der Waals surface area contributed by atoms with Crippen molar-refractivity contribution >= 4 is 29.1 Å². The molecule has 0 bridgehead atoms. The van der Waals surface area contributed by atoms with Crippen LogP contribution in [-0.4, -0.2) is 47.7 Å². The lowest BCUT2D eigenvalue weighted by Gasteiger charge is -2.29. The third-order valence-electron chi connectivity index (χ3n) is 6.36. The summed E-state index contributed by atoms with van der Waals surface area (Å²) in [5.74, 6) is -0.139. The highest BCUT2D eigenvalue weighted by atomic mass is 16.5. The molecule has 0 unspecified atom stereocenters. The normalized spacial score (nSPS) is 15.2. The van der Waals surface area contributed by atoms with Gasteiger partial charge in [0.15, 0.2) is 5.69 Å². The minimum atomic E-state index is -0.666. The number of carbonyl (C=O) groups is 3. The average Bonchev–Trinajstić information content (AvgIpc) is 3.32.